The minimum atomic E-state index is -0.0851. The third-order valence-electron chi connectivity index (χ3n) is 3.31. The van der Waals surface area contributed by atoms with Gasteiger partial charge >= 0.3 is 0 Å². The van der Waals surface area contributed by atoms with Crippen molar-refractivity contribution in [1.29, 1.82) is 0 Å². The van der Waals surface area contributed by atoms with Crippen molar-refractivity contribution in [1.82, 2.24) is 15.0 Å². The van der Waals surface area contributed by atoms with Gasteiger partial charge < -0.3 is 15.4 Å². The predicted octanol–water partition coefficient (Wildman–Crippen LogP) is 2.58. The molecule has 3 aromatic rings. The van der Waals surface area contributed by atoms with Crippen molar-refractivity contribution in [3.05, 3.63) is 52.0 Å². The topological polar surface area (TPSA) is 73.8 Å². The van der Waals surface area contributed by atoms with E-state index in [0.717, 1.165) is 23.3 Å². The highest BCUT2D eigenvalue weighted by Gasteiger charge is 2.12. The van der Waals surface area contributed by atoms with E-state index in [9.17, 15) is 5.11 Å². The zero-order valence-electron chi connectivity index (χ0n) is 11.3. The summed E-state index contributed by atoms with van der Waals surface area (Å²) in [6.07, 6.45) is 4.08. The second-order valence-electron chi connectivity index (χ2n) is 4.82. The molecule has 2 heterocycles. The molecule has 0 aliphatic carbocycles. The molecule has 0 bridgehead atoms. The second kappa shape index (κ2) is 6.40. The number of anilines is 1. The maximum Gasteiger partial charge on any atom is 0.142 e. The quantitative estimate of drug-likeness (QED) is 0.582. The molecule has 2 aromatic heterocycles. The molecule has 108 valence electrons. The molecule has 0 radical (unpaired) electrons. The van der Waals surface area contributed by atoms with Crippen LogP contribution in [-0.2, 0) is 6.42 Å². The van der Waals surface area contributed by atoms with Crippen LogP contribution in [-0.4, -0.2) is 32.7 Å². The lowest BCUT2D eigenvalue weighted by Crippen LogP contribution is -2.27. The Balaban J connectivity index is 1.78. The largest absolute Gasteiger partial charge is 0.394 e. The Hall–Kier alpha value is -1.67. The summed E-state index contributed by atoms with van der Waals surface area (Å²) in [6, 6.07) is 10.1. The molecule has 0 spiro atoms. The van der Waals surface area contributed by atoms with Crippen LogP contribution >= 0.6 is 22.6 Å². The molecule has 21 heavy (non-hydrogen) atoms. The highest BCUT2D eigenvalue weighted by molar-refractivity contribution is 14.1. The van der Waals surface area contributed by atoms with Gasteiger partial charge in [0.25, 0.3) is 0 Å². The molecule has 0 aliphatic rings. The molecule has 0 aliphatic heterocycles. The van der Waals surface area contributed by atoms with Gasteiger partial charge in [-0.1, -0.05) is 12.1 Å². The smallest absolute Gasteiger partial charge is 0.142 e. The molecular weight excluding hydrogens is 379 g/mol. The average molecular weight is 394 g/mol. The van der Waals surface area contributed by atoms with E-state index in [4.69, 9.17) is 0 Å². The number of benzene rings is 1. The molecule has 1 atom stereocenters. The molecule has 1 aromatic carbocycles. The summed E-state index contributed by atoms with van der Waals surface area (Å²) >= 11 is 2.28. The normalized spacial score (nSPS) is 12.5. The van der Waals surface area contributed by atoms with Crippen molar-refractivity contribution in [2.24, 2.45) is 0 Å². The molecule has 0 unspecified atom stereocenters. The summed E-state index contributed by atoms with van der Waals surface area (Å²) in [6.45, 7) is 0.0436. The zero-order valence-corrected chi connectivity index (χ0v) is 13.4. The lowest BCUT2D eigenvalue weighted by molar-refractivity contribution is 0.273. The van der Waals surface area contributed by atoms with Crippen molar-refractivity contribution < 1.29 is 5.11 Å². The van der Waals surface area contributed by atoms with Crippen molar-refractivity contribution in [3.63, 3.8) is 0 Å². The van der Waals surface area contributed by atoms with Gasteiger partial charge in [-0.3, -0.25) is 0 Å². The van der Waals surface area contributed by atoms with E-state index in [1.807, 2.05) is 12.3 Å². The number of aromatic amines is 1. The molecule has 0 amide bonds. The summed E-state index contributed by atoms with van der Waals surface area (Å²) < 4.78 is 1.20. The zero-order chi connectivity index (χ0) is 14.7. The molecule has 0 fully saturated rings. The van der Waals surface area contributed by atoms with Gasteiger partial charge in [-0.25, -0.2) is 9.97 Å². The summed E-state index contributed by atoms with van der Waals surface area (Å²) in [7, 11) is 0. The maximum absolute atomic E-state index is 9.61. The molecule has 3 rings (SSSR count). The summed E-state index contributed by atoms with van der Waals surface area (Å²) in [5.41, 5.74) is 1.97. The molecule has 0 saturated heterocycles. The molecule has 5 nitrogen and oxygen atoms in total. The van der Waals surface area contributed by atoms with Gasteiger partial charge in [0.15, 0.2) is 0 Å². The fourth-order valence-electron chi connectivity index (χ4n) is 2.25. The summed E-state index contributed by atoms with van der Waals surface area (Å²) in [5, 5.41) is 13.8. The number of aromatic nitrogens is 3. The van der Waals surface area contributed by atoms with Crippen LogP contribution in [0.4, 0.5) is 5.82 Å². The Morgan fingerprint density at radius 1 is 1.19 bits per heavy atom. The number of nitrogens with one attached hydrogen (secondary N) is 2. The van der Waals surface area contributed by atoms with Crippen LogP contribution in [0.15, 0.2) is 42.9 Å². The van der Waals surface area contributed by atoms with Gasteiger partial charge in [0.2, 0.25) is 0 Å². The number of aliphatic hydroxyl groups excluding tert-OH is 1. The van der Waals surface area contributed by atoms with Gasteiger partial charge in [0, 0.05) is 9.77 Å². The fraction of sp³-hybridized carbons (Fsp3) is 0.200. The second-order valence-corrected chi connectivity index (χ2v) is 6.06. The van der Waals surface area contributed by atoms with E-state index >= 15 is 0 Å². The average Bonchev–Trinajstić information content (AvgIpc) is 2.98. The first-order chi connectivity index (χ1) is 10.3. The standard InChI is InChI=1S/C15H15IN4O/c16-11-3-1-10(2-4-11)7-12(8-21)20-15-13-5-6-17-14(13)18-9-19-15/h1-6,9,12,21H,7-8H2,(H2,17,18,19,20)/t12-/m1/s1. The van der Waals surface area contributed by atoms with Crippen LogP contribution in [0.1, 0.15) is 5.56 Å². The molecule has 6 heteroatoms. The number of halogens is 1. The van der Waals surface area contributed by atoms with Gasteiger partial charge in [0.05, 0.1) is 18.0 Å². The number of hydrogen-bond acceptors (Lipinski definition) is 4. The lowest BCUT2D eigenvalue weighted by Gasteiger charge is -2.17. The third-order valence-corrected chi connectivity index (χ3v) is 4.03. The first-order valence-electron chi connectivity index (χ1n) is 6.66. The van der Waals surface area contributed by atoms with Gasteiger partial charge in [-0.2, -0.15) is 0 Å². The number of H-pyrrole nitrogens is 1. The van der Waals surface area contributed by atoms with E-state index in [-0.39, 0.29) is 12.6 Å². The highest BCUT2D eigenvalue weighted by Crippen LogP contribution is 2.19. The van der Waals surface area contributed by atoms with Crippen molar-refractivity contribution in [2.75, 3.05) is 11.9 Å². The Kier molecular flexibility index (Phi) is 4.35. The van der Waals surface area contributed by atoms with Crippen LogP contribution in [0, 0.1) is 3.57 Å². The first kappa shape index (κ1) is 14.3. The van der Waals surface area contributed by atoms with Crippen LogP contribution in [0.3, 0.4) is 0 Å². The van der Waals surface area contributed by atoms with Crippen molar-refractivity contribution in [3.8, 4) is 0 Å². The highest BCUT2D eigenvalue weighted by atomic mass is 127. The minimum Gasteiger partial charge on any atom is -0.394 e. The van der Waals surface area contributed by atoms with Crippen LogP contribution in [0.25, 0.3) is 11.0 Å². The maximum atomic E-state index is 9.61. The van der Waals surface area contributed by atoms with Crippen LogP contribution in [0.5, 0.6) is 0 Å². The Labute approximate surface area is 136 Å². The minimum absolute atomic E-state index is 0.0436. The van der Waals surface area contributed by atoms with E-state index < -0.39 is 0 Å². The van der Waals surface area contributed by atoms with Gasteiger partial charge in [0.1, 0.15) is 17.8 Å². The van der Waals surface area contributed by atoms with E-state index in [1.165, 1.54) is 15.5 Å². The first-order valence-corrected chi connectivity index (χ1v) is 7.74. The fourth-order valence-corrected chi connectivity index (χ4v) is 2.61. The van der Waals surface area contributed by atoms with Crippen LogP contribution in [0.2, 0.25) is 0 Å². The number of nitrogens with zero attached hydrogens (tertiary/aromatic N) is 2. The van der Waals surface area contributed by atoms with E-state index in [2.05, 4.69) is 67.1 Å². The van der Waals surface area contributed by atoms with Crippen molar-refractivity contribution >= 4 is 39.4 Å². The number of hydrogen-bond donors (Lipinski definition) is 3. The third kappa shape index (κ3) is 3.33. The lowest BCUT2D eigenvalue weighted by atomic mass is 10.1. The monoisotopic (exact) mass is 394 g/mol. The Morgan fingerprint density at radius 2 is 2.00 bits per heavy atom. The molecule has 3 N–H and O–H groups in total. The van der Waals surface area contributed by atoms with E-state index in [0.29, 0.717) is 0 Å². The molecule has 0 saturated carbocycles. The number of fused-ring (bicyclic) bond motifs is 1. The SMILES string of the molecule is OC[C@@H](Cc1ccc(I)cc1)Nc1ncnc2[nH]ccc12. The number of rotatable bonds is 5. The molecular formula is C15H15IN4O. The Bertz CT molecular complexity index is 726. The predicted molar refractivity (Wildman–Crippen MR) is 91.2 cm³/mol. The Morgan fingerprint density at radius 3 is 2.76 bits per heavy atom. The summed E-state index contributed by atoms with van der Waals surface area (Å²) in [5.74, 6) is 0.741. The van der Waals surface area contributed by atoms with Crippen molar-refractivity contribution in [2.45, 2.75) is 12.5 Å². The van der Waals surface area contributed by atoms with Gasteiger partial charge in [-0.05, 0) is 52.8 Å². The van der Waals surface area contributed by atoms with Crippen LogP contribution < -0.4 is 5.32 Å². The number of aliphatic hydroxyl groups is 1. The van der Waals surface area contributed by atoms with E-state index in [1.54, 1.807) is 0 Å². The van der Waals surface area contributed by atoms with Gasteiger partial charge in [-0.15, -0.1) is 0 Å². The summed E-state index contributed by atoms with van der Waals surface area (Å²) in [4.78, 5) is 11.5.